The second-order valence-corrected chi connectivity index (χ2v) is 11.0. The van der Waals surface area contributed by atoms with Crippen molar-refractivity contribution in [2.24, 2.45) is 51.8 Å². The highest BCUT2D eigenvalue weighted by atomic mass is 14.8. The molecule has 6 saturated carbocycles. The molecule has 0 amide bonds. The maximum absolute atomic E-state index is 3.67. The van der Waals surface area contributed by atoms with Gasteiger partial charge < -0.3 is 0 Å². The van der Waals surface area contributed by atoms with Crippen LogP contribution in [0, 0.1) is 63.6 Å². The molecular weight excluding hydrogens is 288 g/mol. The van der Waals surface area contributed by atoms with Crippen LogP contribution in [0.4, 0.5) is 0 Å². The van der Waals surface area contributed by atoms with E-state index in [9.17, 15) is 0 Å². The normalized spacial score (nSPS) is 60.8. The molecule has 0 heterocycles. The molecule has 0 saturated heterocycles. The van der Waals surface area contributed by atoms with Gasteiger partial charge in [0.25, 0.3) is 0 Å². The van der Waals surface area contributed by atoms with Crippen LogP contribution >= 0.6 is 0 Å². The smallest absolute Gasteiger partial charge is 0.0284 e. The van der Waals surface area contributed by atoms with Gasteiger partial charge in [0.2, 0.25) is 0 Å². The van der Waals surface area contributed by atoms with Crippen LogP contribution in [0.5, 0.6) is 0 Å². The van der Waals surface area contributed by atoms with E-state index >= 15 is 0 Å². The van der Waals surface area contributed by atoms with E-state index in [-0.39, 0.29) is 0 Å². The third-order valence-electron chi connectivity index (χ3n) is 10.5. The van der Waals surface area contributed by atoms with Crippen molar-refractivity contribution in [2.75, 3.05) is 0 Å². The van der Waals surface area contributed by atoms with Crippen molar-refractivity contribution in [3.05, 3.63) is 0 Å². The van der Waals surface area contributed by atoms with Gasteiger partial charge in [-0.15, -0.1) is 5.92 Å². The fourth-order valence-electron chi connectivity index (χ4n) is 9.40. The molecule has 0 aromatic rings. The minimum Gasteiger partial charge on any atom is -0.106 e. The molecule has 132 valence electrons. The predicted octanol–water partition coefficient (Wildman–Crippen LogP) is 6.30. The average molecular weight is 325 g/mol. The van der Waals surface area contributed by atoms with Gasteiger partial charge in [-0.1, -0.05) is 39.5 Å². The van der Waals surface area contributed by atoms with Gasteiger partial charge in [-0.05, 0) is 97.7 Å². The van der Waals surface area contributed by atoms with E-state index in [1.807, 2.05) is 0 Å². The standard InChI is InChI=1S/C24H36/c1-5-8-18-16(2)13-20-21-17-14-24(15-17)11-7-6-10-23(24,4)19(21)9-12-22(18,20)3/h16-21H,6-7,9-15H2,1-4H3. The predicted molar refractivity (Wildman–Crippen MR) is 100 cm³/mol. The van der Waals surface area contributed by atoms with Crippen LogP contribution in [0.15, 0.2) is 0 Å². The lowest BCUT2D eigenvalue weighted by molar-refractivity contribution is -0.253. The Bertz CT molecular complexity index is 599. The third kappa shape index (κ3) is 1.64. The molecule has 7 atom stereocenters. The molecule has 0 radical (unpaired) electrons. The maximum Gasteiger partial charge on any atom is 0.0284 e. The summed E-state index contributed by atoms with van der Waals surface area (Å²) in [4.78, 5) is 0. The Morgan fingerprint density at radius 2 is 1.71 bits per heavy atom. The van der Waals surface area contributed by atoms with Crippen LogP contribution < -0.4 is 0 Å². The average Bonchev–Trinajstić information content (AvgIpc) is 2.77. The van der Waals surface area contributed by atoms with Crippen molar-refractivity contribution in [1.82, 2.24) is 0 Å². The fourth-order valence-corrected chi connectivity index (χ4v) is 9.40. The first-order chi connectivity index (χ1) is 11.5. The molecule has 1 spiro atoms. The zero-order chi connectivity index (χ0) is 16.7. The van der Waals surface area contributed by atoms with Gasteiger partial charge in [0.05, 0.1) is 0 Å². The van der Waals surface area contributed by atoms with Crippen molar-refractivity contribution in [3.63, 3.8) is 0 Å². The summed E-state index contributed by atoms with van der Waals surface area (Å²) in [6.45, 7) is 9.93. The van der Waals surface area contributed by atoms with Gasteiger partial charge in [0.1, 0.15) is 0 Å². The minimum absolute atomic E-state index is 0.518. The quantitative estimate of drug-likeness (QED) is 0.458. The zero-order valence-electron chi connectivity index (χ0n) is 16.3. The number of hydrogen-bond donors (Lipinski definition) is 0. The number of fused-ring (bicyclic) bond motifs is 1. The molecule has 2 bridgehead atoms. The van der Waals surface area contributed by atoms with Crippen LogP contribution in [0.25, 0.3) is 0 Å². The summed E-state index contributed by atoms with van der Waals surface area (Å²) in [6.07, 6.45) is 13.8. The van der Waals surface area contributed by atoms with E-state index in [4.69, 9.17) is 0 Å². The summed E-state index contributed by atoms with van der Waals surface area (Å²) in [7, 11) is 0. The summed E-state index contributed by atoms with van der Waals surface area (Å²) >= 11 is 0. The van der Waals surface area contributed by atoms with Gasteiger partial charge in [0, 0.05) is 5.92 Å². The topological polar surface area (TPSA) is 0 Å². The lowest BCUT2D eigenvalue weighted by Gasteiger charge is -2.74. The Hall–Kier alpha value is -0.440. The Morgan fingerprint density at radius 1 is 0.958 bits per heavy atom. The summed E-state index contributed by atoms with van der Waals surface area (Å²) < 4.78 is 0. The molecule has 6 fully saturated rings. The van der Waals surface area contributed by atoms with E-state index < -0.39 is 0 Å². The van der Waals surface area contributed by atoms with E-state index in [0.29, 0.717) is 16.7 Å². The first-order valence-corrected chi connectivity index (χ1v) is 10.9. The largest absolute Gasteiger partial charge is 0.106 e. The first kappa shape index (κ1) is 15.8. The number of rotatable bonds is 0. The molecule has 7 unspecified atom stereocenters. The van der Waals surface area contributed by atoms with Crippen LogP contribution in [-0.4, -0.2) is 0 Å². The third-order valence-corrected chi connectivity index (χ3v) is 10.5. The zero-order valence-corrected chi connectivity index (χ0v) is 16.3. The lowest BCUT2D eigenvalue weighted by Crippen LogP contribution is -2.67. The summed E-state index contributed by atoms with van der Waals surface area (Å²) in [5.74, 6) is 12.6. The second kappa shape index (κ2) is 4.84. The van der Waals surface area contributed by atoms with E-state index in [2.05, 4.69) is 39.5 Å². The molecule has 0 aliphatic heterocycles. The van der Waals surface area contributed by atoms with Crippen molar-refractivity contribution in [2.45, 2.75) is 85.5 Å². The fraction of sp³-hybridized carbons (Fsp3) is 0.917. The van der Waals surface area contributed by atoms with Gasteiger partial charge in [-0.25, -0.2) is 0 Å². The van der Waals surface area contributed by atoms with Crippen LogP contribution in [0.1, 0.15) is 85.5 Å². The summed E-state index contributed by atoms with van der Waals surface area (Å²) in [6, 6.07) is 0. The monoisotopic (exact) mass is 324 g/mol. The van der Waals surface area contributed by atoms with Crippen molar-refractivity contribution in [1.29, 1.82) is 0 Å². The Labute approximate surface area is 149 Å². The number of hydrogen-bond acceptors (Lipinski definition) is 0. The molecule has 0 N–H and O–H groups in total. The van der Waals surface area contributed by atoms with E-state index in [1.54, 1.807) is 19.3 Å². The maximum atomic E-state index is 3.67. The highest BCUT2D eigenvalue weighted by Crippen LogP contribution is 2.79. The SMILES string of the molecule is CC#CC1C(C)CC2C3C4CC5(CCCCC5(C)C3CCC12C)C4. The van der Waals surface area contributed by atoms with Crippen LogP contribution in [0.2, 0.25) is 0 Å². The molecule has 0 aromatic carbocycles. The molecule has 0 aromatic heterocycles. The molecule has 6 aliphatic rings. The highest BCUT2D eigenvalue weighted by Gasteiger charge is 2.71. The summed E-state index contributed by atoms with van der Waals surface area (Å²) in [5, 5.41) is 0. The van der Waals surface area contributed by atoms with Crippen LogP contribution in [-0.2, 0) is 0 Å². The van der Waals surface area contributed by atoms with Crippen molar-refractivity contribution in [3.8, 4) is 11.8 Å². The van der Waals surface area contributed by atoms with Gasteiger partial charge in [-0.3, -0.25) is 0 Å². The van der Waals surface area contributed by atoms with E-state index in [0.717, 1.165) is 35.0 Å². The second-order valence-electron chi connectivity index (χ2n) is 11.0. The van der Waals surface area contributed by atoms with Gasteiger partial charge in [-0.2, -0.15) is 0 Å². The Kier molecular flexibility index (Phi) is 3.18. The van der Waals surface area contributed by atoms with E-state index in [1.165, 1.54) is 38.5 Å². The molecule has 6 aliphatic carbocycles. The minimum atomic E-state index is 0.518. The first-order valence-electron chi connectivity index (χ1n) is 10.9. The lowest BCUT2D eigenvalue weighted by atomic mass is 9.30. The van der Waals surface area contributed by atoms with Crippen molar-refractivity contribution < 1.29 is 0 Å². The van der Waals surface area contributed by atoms with Crippen molar-refractivity contribution >= 4 is 0 Å². The Morgan fingerprint density at radius 3 is 2.46 bits per heavy atom. The highest BCUT2D eigenvalue weighted by molar-refractivity contribution is 5.23. The Balaban J connectivity index is 1.53. The molecule has 0 nitrogen and oxygen atoms in total. The van der Waals surface area contributed by atoms with Crippen LogP contribution in [0.3, 0.4) is 0 Å². The van der Waals surface area contributed by atoms with Gasteiger partial charge >= 0.3 is 0 Å². The molecule has 24 heavy (non-hydrogen) atoms. The van der Waals surface area contributed by atoms with Gasteiger partial charge in [0.15, 0.2) is 0 Å². The summed E-state index contributed by atoms with van der Waals surface area (Å²) in [5.41, 5.74) is 1.98. The molecular formula is C24H36. The molecule has 0 heteroatoms. The molecule has 6 rings (SSSR count).